The molecule has 2 saturated carbocycles. The molecular formula is C34H41N5O3. The Morgan fingerprint density at radius 1 is 1.17 bits per heavy atom. The van der Waals surface area contributed by atoms with Gasteiger partial charge in [0.05, 0.1) is 16.7 Å². The number of benzene rings is 2. The summed E-state index contributed by atoms with van der Waals surface area (Å²) in [6.07, 6.45) is 8.03. The van der Waals surface area contributed by atoms with Crippen LogP contribution in [-0.2, 0) is 18.3 Å². The van der Waals surface area contributed by atoms with Crippen molar-refractivity contribution >= 4 is 22.5 Å². The summed E-state index contributed by atoms with van der Waals surface area (Å²) in [5.41, 5.74) is 4.97. The number of fused-ring (bicyclic) bond motifs is 4. The van der Waals surface area contributed by atoms with Gasteiger partial charge < -0.3 is 30.6 Å². The molecule has 42 heavy (non-hydrogen) atoms. The molecule has 9 rings (SSSR count). The maximum absolute atomic E-state index is 13.1. The van der Waals surface area contributed by atoms with Gasteiger partial charge in [-0.05, 0) is 98.7 Å². The van der Waals surface area contributed by atoms with Crippen LogP contribution in [-0.4, -0.2) is 63.9 Å². The molecule has 1 spiro atoms. The largest absolute Gasteiger partial charge is 0.504 e. The lowest BCUT2D eigenvalue weighted by Crippen LogP contribution is -2.74. The zero-order valence-corrected chi connectivity index (χ0v) is 24.4. The lowest BCUT2D eigenvalue weighted by atomic mass is 9.49. The number of phenols is 1. The second-order valence-corrected chi connectivity index (χ2v) is 13.9. The third-order valence-electron chi connectivity index (χ3n) is 11.2. The van der Waals surface area contributed by atoms with Crippen molar-refractivity contribution in [2.75, 3.05) is 31.5 Å². The van der Waals surface area contributed by atoms with Gasteiger partial charge in [0.1, 0.15) is 0 Å². The molecule has 3 aromatic rings. The molecule has 8 heteroatoms. The van der Waals surface area contributed by atoms with Crippen molar-refractivity contribution in [1.82, 2.24) is 15.2 Å². The zero-order chi connectivity index (χ0) is 28.2. The molecule has 0 amide bonds. The van der Waals surface area contributed by atoms with Gasteiger partial charge >= 0.3 is 0 Å². The third kappa shape index (κ3) is 3.51. The van der Waals surface area contributed by atoms with Crippen LogP contribution in [0, 0.1) is 11.8 Å². The first-order valence-corrected chi connectivity index (χ1v) is 16.2. The molecule has 8 nitrogen and oxygen atoms in total. The van der Waals surface area contributed by atoms with Crippen molar-refractivity contribution in [3.63, 3.8) is 0 Å². The number of likely N-dealkylation sites (tertiary alicyclic amines) is 1. The molecule has 1 saturated heterocycles. The lowest BCUT2D eigenvalue weighted by Gasteiger charge is -2.62. The standard InChI is InChI=1S/C34H41N5O3/c1-2-12-35-32(36-17-19-3-4-19)37-22-8-9-25-23(15-22)24-16-34(41)27-14-21-7-10-26(40)30-28(21)33(34,31(42-30)29(24)38-25)11-13-39(27)18-20-5-6-20/h7-10,15,19-20,27,31,38,40-41H,2-6,11-14,16-18H2,1H3,(H2,35,36,37)/t27-,31-,33-,34+/m0/s1. The molecule has 5 N–H and O–H groups in total. The van der Waals surface area contributed by atoms with Crippen LogP contribution in [0.4, 0.5) is 5.69 Å². The molecule has 220 valence electrons. The van der Waals surface area contributed by atoms with Gasteiger partial charge in [-0.15, -0.1) is 0 Å². The van der Waals surface area contributed by atoms with Gasteiger partial charge in [0.15, 0.2) is 23.6 Å². The molecule has 3 fully saturated rings. The molecule has 3 heterocycles. The van der Waals surface area contributed by atoms with Crippen LogP contribution in [0.3, 0.4) is 0 Å². The number of piperidine rings is 1. The van der Waals surface area contributed by atoms with Gasteiger partial charge in [-0.1, -0.05) is 13.0 Å². The quantitative estimate of drug-likeness (QED) is 0.209. The van der Waals surface area contributed by atoms with E-state index in [9.17, 15) is 10.2 Å². The van der Waals surface area contributed by atoms with Gasteiger partial charge in [0.2, 0.25) is 0 Å². The van der Waals surface area contributed by atoms with Crippen molar-refractivity contribution in [2.45, 2.75) is 81.5 Å². The average molecular weight is 568 g/mol. The van der Waals surface area contributed by atoms with Gasteiger partial charge in [0.25, 0.3) is 0 Å². The molecule has 2 bridgehead atoms. The van der Waals surface area contributed by atoms with Crippen LogP contribution in [0.1, 0.15) is 73.9 Å². The summed E-state index contributed by atoms with van der Waals surface area (Å²) >= 11 is 0. The summed E-state index contributed by atoms with van der Waals surface area (Å²) in [5, 5.41) is 32.2. The van der Waals surface area contributed by atoms with Crippen molar-refractivity contribution < 1.29 is 14.9 Å². The lowest BCUT2D eigenvalue weighted by molar-refractivity contribution is -0.173. The monoisotopic (exact) mass is 567 g/mol. The van der Waals surface area contributed by atoms with E-state index in [1.165, 1.54) is 31.2 Å². The summed E-state index contributed by atoms with van der Waals surface area (Å²) in [6, 6.07) is 10.3. The number of aromatic amines is 1. The highest BCUT2D eigenvalue weighted by Gasteiger charge is 2.72. The van der Waals surface area contributed by atoms with Gasteiger partial charge in [-0.2, -0.15) is 0 Å². The minimum Gasteiger partial charge on any atom is -0.504 e. The Bertz CT molecular complexity index is 1620. The number of anilines is 1. The highest BCUT2D eigenvalue weighted by Crippen LogP contribution is 2.69. The van der Waals surface area contributed by atoms with Crippen LogP contribution < -0.4 is 15.4 Å². The highest BCUT2D eigenvalue weighted by molar-refractivity contribution is 5.97. The van der Waals surface area contributed by atoms with Gasteiger partial charge in [-0.3, -0.25) is 9.89 Å². The normalized spacial score (nSPS) is 31.0. The number of ether oxygens (including phenoxy) is 1. The summed E-state index contributed by atoms with van der Waals surface area (Å²) in [5.74, 6) is 3.08. The van der Waals surface area contributed by atoms with Crippen molar-refractivity contribution in [3.05, 3.63) is 52.7 Å². The van der Waals surface area contributed by atoms with E-state index in [0.717, 1.165) is 96.6 Å². The minimum atomic E-state index is -0.984. The van der Waals surface area contributed by atoms with E-state index in [4.69, 9.17) is 9.73 Å². The van der Waals surface area contributed by atoms with E-state index in [1.807, 2.05) is 0 Å². The number of nitrogens with zero attached hydrogens (tertiary/aromatic N) is 2. The summed E-state index contributed by atoms with van der Waals surface area (Å²) in [6.45, 7) is 5.93. The molecule has 0 radical (unpaired) electrons. The Morgan fingerprint density at radius 2 is 2.02 bits per heavy atom. The summed E-state index contributed by atoms with van der Waals surface area (Å²) in [7, 11) is 0. The fraction of sp³-hybridized carbons (Fsp3) is 0.559. The SMILES string of the molecule is CCCNC(=NCC1CC1)Nc1ccc2[nH]c3c(c2c1)C[C@@]1(O)[C@@H]2Cc4ccc(O)c5c4[C@@]1(CCN2CC1CC1)[C@H]3O5. The number of aliphatic imine (C=N–C) groups is 1. The van der Waals surface area contributed by atoms with E-state index in [2.05, 4.69) is 51.7 Å². The molecule has 6 aliphatic rings. The molecule has 4 aliphatic carbocycles. The first-order valence-electron chi connectivity index (χ1n) is 16.2. The van der Waals surface area contributed by atoms with Crippen LogP contribution in [0.25, 0.3) is 10.9 Å². The Labute approximate surface area is 246 Å². The molecule has 2 aliphatic heterocycles. The van der Waals surface area contributed by atoms with Crippen LogP contribution >= 0.6 is 0 Å². The Kier molecular flexibility index (Phi) is 5.35. The Morgan fingerprint density at radius 3 is 2.83 bits per heavy atom. The molecular weight excluding hydrogens is 526 g/mol. The predicted molar refractivity (Wildman–Crippen MR) is 163 cm³/mol. The molecule has 2 aromatic carbocycles. The molecule has 0 unspecified atom stereocenters. The fourth-order valence-corrected chi connectivity index (χ4v) is 8.74. The maximum Gasteiger partial charge on any atom is 0.195 e. The number of phenolic OH excluding ortho intramolecular Hbond substituents is 1. The number of rotatable bonds is 7. The van der Waals surface area contributed by atoms with E-state index in [-0.39, 0.29) is 17.9 Å². The third-order valence-corrected chi connectivity index (χ3v) is 11.2. The number of aliphatic hydroxyl groups is 1. The van der Waals surface area contributed by atoms with E-state index in [0.29, 0.717) is 12.2 Å². The van der Waals surface area contributed by atoms with Crippen molar-refractivity contribution in [3.8, 4) is 11.5 Å². The number of hydrogen-bond acceptors (Lipinski definition) is 5. The summed E-state index contributed by atoms with van der Waals surface area (Å²) in [4.78, 5) is 11.2. The number of hydrogen-bond donors (Lipinski definition) is 5. The van der Waals surface area contributed by atoms with Crippen molar-refractivity contribution in [2.24, 2.45) is 16.8 Å². The number of guanidine groups is 1. The maximum atomic E-state index is 13.1. The molecule has 1 aromatic heterocycles. The second-order valence-electron chi connectivity index (χ2n) is 13.9. The Hall–Kier alpha value is -3.23. The average Bonchev–Trinajstić information content (AvgIpc) is 3.91. The van der Waals surface area contributed by atoms with E-state index in [1.54, 1.807) is 6.07 Å². The highest BCUT2D eigenvalue weighted by atomic mass is 16.5. The number of nitrogens with one attached hydrogen (secondary N) is 3. The predicted octanol–water partition coefficient (Wildman–Crippen LogP) is 4.75. The van der Waals surface area contributed by atoms with Crippen LogP contribution in [0.2, 0.25) is 0 Å². The first-order chi connectivity index (χ1) is 20.5. The number of H-pyrrole nitrogens is 1. The van der Waals surface area contributed by atoms with Crippen LogP contribution in [0.5, 0.6) is 11.5 Å². The van der Waals surface area contributed by atoms with Gasteiger partial charge in [-0.25, -0.2) is 0 Å². The summed E-state index contributed by atoms with van der Waals surface area (Å²) < 4.78 is 6.75. The number of aromatic hydroxyl groups is 1. The number of aromatic nitrogens is 1. The smallest absolute Gasteiger partial charge is 0.195 e. The minimum absolute atomic E-state index is 0.0276. The van der Waals surface area contributed by atoms with E-state index >= 15 is 0 Å². The fourth-order valence-electron chi connectivity index (χ4n) is 8.74. The van der Waals surface area contributed by atoms with E-state index < -0.39 is 11.0 Å². The second kappa shape index (κ2) is 8.89. The zero-order valence-electron chi connectivity index (χ0n) is 24.4. The van der Waals surface area contributed by atoms with Gasteiger partial charge in [0, 0.05) is 54.3 Å². The Balaban J connectivity index is 1.15. The first kappa shape index (κ1) is 25.3. The van der Waals surface area contributed by atoms with Crippen LogP contribution in [0.15, 0.2) is 35.3 Å². The molecule has 4 atom stereocenters. The topological polar surface area (TPSA) is 105 Å². The van der Waals surface area contributed by atoms with Crippen molar-refractivity contribution in [1.29, 1.82) is 0 Å².